The van der Waals surface area contributed by atoms with Crippen LogP contribution in [0.5, 0.6) is 0 Å². The van der Waals surface area contributed by atoms with E-state index in [1.807, 2.05) is 14.2 Å². The summed E-state index contributed by atoms with van der Waals surface area (Å²) in [5.74, 6) is 0. The van der Waals surface area contributed by atoms with E-state index in [0.717, 1.165) is 12.3 Å². The summed E-state index contributed by atoms with van der Waals surface area (Å²) in [5.41, 5.74) is 0. The second-order valence-electron chi connectivity index (χ2n) is 5.99. The van der Waals surface area contributed by atoms with E-state index >= 15 is 0 Å². The molecule has 5 heteroatoms. The first-order valence-electron chi connectivity index (χ1n) is 6.59. The molecule has 0 aliphatic carbocycles. The summed E-state index contributed by atoms with van der Waals surface area (Å²) in [5, 5.41) is 0. The van der Waals surface area contributed by atoms with Crippen LogP contribution in [0, 0.1) is 0 Å². The molecule has 0 aromatic rings. The Hall–Kier alpha value is 0.314. The highest BCUT2D eigenvalue weighted by Crippen LogP contribution is 2.12. The van der Waals surface area contributed by atoms with Crippen molar-refractivity contribution in [1.29, 1.82) is 0 Å². The topological polar surface area (TPSA) is 21.7 Å². The zero-order valence-electron chi connectivity index (χ0n) is 12.8. The van der Waals surface area contributed by atoms with Gasteiger partial charge in [-0.3, -0.25) is 0 Å². The van der Waals surface area contributed by atoms with Crippen LogP contribution in [-0.2, 0) is 8.85 Å². The fourth-order valence-electron chi connectivity index (χ4n) is 1.80. The van der Waals surface area contributed by atoms with Gasteiger partial charge >= 0.3 is 0 Å². The van der Waals surface area contributed by atoms with Crippen LogP contribution < -0.4 is 0 Å². The second-order valence-corrected chi connectivity index (χ2v) is 14.5. The van der Waals surface area contributed by atoms with Crippen molar-refractivity contribution in [1.82, 2.24) is 4.90 Å². The molecule has 3 nitrogen and oxygen atoms in total. The lowest BCUT2D eigenvalue weighted by Crippen LogP contribution is -2.51. The maximum Gasteiger partial charge on any atom is 0.199 e. The van der Waals surface area contributed by atoms with Gasteiger partial charge in [0.1, 0.15) is 0 Å². The molecule has 0 radical (unpaired) electrons. The van der Waals surface area contributed by atoms with Crippen molar-refractivity contribution in [3.8, 4) is 0 Å². The fourth-order valence-corrected chi connectivity index (χ4v) is 4.98. The molecular formula is C12H31NO2Si2. The van der Waals surface area contributed by atoms with Crippen molar-refractivity contribution in [2.75, 3.05) is 33.1 Å². The van der Waals surface area contributed by atoms with E-state index in [9.17, 15) is 0 Å². The zero-order valence-corrected chi connectivity index (χ0v) is 14.8. The van der Waals surface area contributed by atoms with Gasteiger partial charge in [-0.25, -0.2) is 0 Å². The first-order chi connectivity index (χ1) is 7.76. The van der Waals surface area contributed by atoms with Crippen molar-refractivity contribution >= 4 is 16.6 Å². The minimum Gasteiger partial charge on any atom is -0.419 e. The van der Waals surface area contributed by atoms with Crippen LogP contribution in [0.4, 0.5) is 0 Å². The van der Waals surface area contributed by atoms with Gasteiger partial charge in [-0.1, -0.05) is 13.3 Å². The molecule has 0 amide bonds. The highest BCUT2D eigenvalue weighted by molar-refractivity contribution is 6.72. The average molecular weight is 278 g/mol. The summed E-state index contributed by atoms with van der Waals surface area (Å²) in [6.07, 6.45) is 4.75. The Labute approximate surface area is 110 Å². The second kappa shape index (κ2) is 7.68. The SMILES string of the molecule is CCCCN(C[Si](C)(C)OC)C[Si](C)(C)OC. The zero-order chi connectivity index (χ0) is 13.5. The molecule has 0 unspecified atom stereocenters. The van der Waals surface area contributed by atoms with Crippen LogP contribution in [0.2, 0.25) is 26.2 Å². The number of hydrogen-bond acceptors (Lipinski definition) is 3. The predicted octanol–water partition coefficient (Wildman–Crippen LogP) is 2.87. The van der Waals surface area contributed by atoms with E-state index in [-0.39, 0.29) is 0 Å². The van der Waals surface area contributed by atoms with Crippen LogP contribution in [0.25, 0.3) is 0 Å². The third-order valence-electron chi connectivity index (χ3n) is 3.14. The van der Waals surface area contributed by atoms with Gasteiger partial charge in [0.2, 0.25) is 0 Å². The van der Waals surface area contributed by atoms with Gasteiger partial charge in [0, 0.05) is 26.6 Å². The van der Waals surface area contributed by atoms with Crippen molar-refractivity contribution in [3.63, 3.8) is 0 Å². The van der Waals surface area contributed by atoms with E-state index in [1.165, 1.54) is 19.4 Å². The molecule has 0 aliphatic heterocycles. The molecule has 0 aliphatic rings. The van der Waals surface area contributed by atoms with Gasteiger partial charge in [-0.15, -0.1) is 0 Å². The first-order valence-corrected chi connectivity index (χ1v) is 12.8. The molecule has 0 saturated carbocycles. The van der Waals surface area contributed by atoms with Crippen LogP contribution >= 0.6 is 0 Å². The predicted molar refractivity (Wildman–Crippen MR) is 80.3 cm³/mol. The average Bonchev–Trinajstić information content (AvgIpc) is 2.25. The van der Waals surface area contributed by atoms with E-state index in [2.05, 4.69) is 38.0 Å². The number of nitrogens with zero attached hydrogens (tertiary/aromatic N) is 1. The van der Waals surface area contributed by atoms with Gasteiger partial charge in [-0.05, 0) is 39.2 Å². The molecule has 0 atom stereocenters. The van der Waals surface area contributed by atoms with Gasteiger partial charge < -0.3 is 13.8 Å². The number of rotatable bonds is 9. The van der Waals surface area contributed by atoms with Crippen molar-refractivity contribution < 1.29 is 8.85 Å². The maximum absolute atomic E-state index is 5.67. The van der Waals surface area contributed by atoms with Gasteiger partial charge in [0.05, 0.1) is 0 Å². The molecule has 0 saturated heterocycles. The molecule has 104 valence electrons. The van der Waals surface area contributed by atoms with Gasteiger partial charge in [-0.2, -0.15) is 0 Å². The molecule has 0 N–H and O–H groups in total. The van der Waals surface area contributed by atoms with Crippen LogP contribution in [0.1, 0.15) is 19.8 Å². The summed E-state index contributed by atoms with van der Waals surface area (Å²) in [7, 11) is 0.680. The molecule has 17 heavy (non-hydrogen) atoms. The van der Waals surface area contributed by atoms with Crippen molar-refractivity contribution in [3.05, 3.63) is 0 Å². The smallest absolute Gasteiger partial charge is 0.199 e. The lowest BCUT2D eigenvalue weighted by molar-refractivity contribution is 0.291. The molecule has 0 aromatic heterocycles. The highest BCUT2D eigenvalue weighted by Gasteiger charge is 2.29. The standard InChI is InChI=1S/C12H31NO2Si2/c1-8-9-10-13(11-16(4,5)14-2)12-17(6,7)15-3/h8-12H2,1-7H3. The Morgan fingerprint density at radius 1 is 0.882 bits per heavy atom. The van der Waals surface area contributed by atoms with E-state index in [4.69, 9.17) is 8.85 Å². The Morgan fingerprint density at radius 3 is 1.59 bits per heavy atom. The minimum absolute atomic E-state index is 1.11. The third-order valence-corrected chi connectivity index (χ3v) is 7.77. The summed E-state index contributed by atoms with van der Waals surface area (Å²) in [6.45, 7) is 12.6. The van der Waals surface area contributed by atoms with Crippen molar-refractivity contribution in [2.24, 2.45) is 0 Å². The van der Waals surface area contributed by atoms with E-state index < -0.39 is 16.6 Å². The van der Waals surface area contributed by atoms with Gasteiger partial charge in [0.15, 0.2) is 16.6 Å². The summed E-state index contributed by atoms with van der Waals surface area (Å²) in [4.78, 5) is 2.56. The normalized spacial score (nSPS) is 13.4. The Morgan fingerprint density at radius 2 is 1.29 bits per heavy atom. The number of hydrogen-bond donors (Lipinski definition) is 0. The molecule has 0 fully saturated rings. The van der Waals surface area contributed by atoms with Crippen LogP contribution in [0.3, 0.4) is 0 Å². The quantitative estimate of drug-likeness (QED) is 0.605. The number of unbranched alkanes of at least 4 members (excludes halogenated alkanes) is 1. The summed E-state index contributed by atoms with van der Waals surface area (Å²) in [6, 6.07) is 0. The molecule has 0 aromatic carbocycles. The summed E-state index contributed by atoms with van der Waals surface area (Å²) >= 11 is 0. The molecule has 0 heterocycles. The fraction of sp³-hybridized carbons (Fsp3) is 1.00. The molecule has 0 bridgehead atoms. The van der Waals surface area contributed by atoms with Crippen molar-refractivity contribution in [2.45, 2.75) is 46.0 Å². The highest BCUT2D eigenvalue weighted by atomic mass is 28.4. The first kappa shape index (κ1) is 17.3. The minimum atomic E-state index is -1.51. The lowest BCUT2D eigenvalue weighted by Gasteiger charge is -2.34. The molecular weight excluding hydrogens is 246 g/mol. The Balaban J connectivity index is 4.43. The van der Waals surface area contributed by atoms with E-state index in [1.54, 1.807) is 0 Å². The lowest BCUT2D eigenvalue weighted by atomic mass is 10.3. The van der Waals surface area contributed by atoms with Crippen LogP contribution in [-0.4, -0.2) is 54.6 Å². The maximum atomic E-state index is 5.67. The third kappa shape index (κ3) is 8.10. The van der Waals surface area contributed by atoms with Gasteiger partial charge in [0.25, 0.3) is 0 Å². The molecule has 0 rings (SSSR count). The Kier molecular flexibility index (Phi) is 7.83. The monoisotopic (exact) mass is 277 g/mol. The van der Waals surface area contributed by atoms with E-state index in [0.29, 0.717) is 0 Å². The molecule has 0 spiro atoms. The van der Waals surface area contributed by atoms with Crippen LogP contribution in [0.15, 0.2) is 0 Å². The summed E-state index contributed by atoms with van der Waals surface area (Å²) < 4.78 is 11.3. The largest absolute Gasteiger partial charge is 0.419 e. The Bertz CT molecular complexity index is 193.